The van der Waals surface area contributed by atoms with Gasteiger partial charge >= 0.3 is 5.97 Å². The number of ether oxygens (including phenoxy) is 3. The highest BCUT2D eigenvalue weighted by Gasteiger charge is 2.16. The second-order valence-electron chi connectivity index (χ2n) is 2.57. The van der Waals surface area contributed by atoms with Crippen LogP contribution in [0.1, 0.15) is 13.8 Å². The van der Waals surface area contributed by atoms with Gasteiger partial charge in [0.25, 0.3) is 0 Å². The van der Waals surface area contributed by atoms with E-state index >= 15 is 0 Å². The standard InChI is InChI=1S/C8H16O4/c1-6(5-10-3)12-7(2)8(9)11-4/h6-7H,5H2,1-4H3/t6?,7-/m1/s1. The van der Waals surface area contributed by atoms with Crippen molar-refractivity contribution < 1.29 is 19.0 Å². The summed E-state index contributed by atoms with van der Waals surface area (Å²) in [7, 11) is 2.92. The minimum atomic E-state index is -0.528. The molecule has 0 rings (SSSR count). The summed E-state index contributed by atoms with van der Waals surface area (Å²) < 4.78 is 14.6. The first-order chi connectivity index (χ1) is 5.61. The third-order valence-corrected chi connectivity index (χ3v) is 1.37. The van der Waals surface area contributed by atoms with Crippen molar-refractivity contribution in [1.82, 2.24) is 0 Å². The lowest BCUT2D eigenvalue weighted by molar-refractivity contribution is -0.157. The summed E-state index contributed by atoms with van der Waals surface area (Å²) in [6.07, 6.45) is -0.621. The van der Waals surface area contributed by atoms with Crippen LogP contribution in [0.4, 0.5) is 0 Å². The molecule has 1 unspecified atom stereocenters. The Morgan fingerprint density at radius 3 is 2.33 bits per heavy atom. The van der Waals surface area contributed by atoms with Gasteiger partial charge in [0.05, 0.1) is 19.8 Å². The van der Waals surface area contributed by atoms with Gasteiger partial charge in [-0.3, -0.25) is 0 Å². The maximum atomic E-state index is 10.9. The number of hydrogen-bond donors (Lipinski definition) is 0. The molecule has 0 bridgehead atoms. The molecule has 0 fully saturated rings. The Morgan fingerprint density at radius 1 is 1.33 bits per heavy atom. The van der Waals surface area contributed by atoms with Crippen LogP contribution in [-0.4, -0.2) is 39.0 Å². The van der Waals surface area contributed by atoms with Crippen LogP contribution in [0.15, 0.2) is 0 Å². The highest BCUT2D eigenvalue weighted by atomic mass is 16.6. The zero-order valence-corrected chi connectivity index (χ0v) is 7.99. The lowest BCUT2D eigenvalue weighted by atomic mass is 10.3. The zero-order chi connectivity index (χ0) is 9.56. The first-order valence-electron chi connectivity index (χ1n) is 3.84. The molecule has 0 aromatic carbocycles. The van der Waals surface area contributed by atoms with E-state index in [1.54, 1.807) is 14.0 Å². The Labute approximate surface area is 72.8 Å². The molecule has 0 spiro atoms. The molecule has 0 radical (unpaired) electrons. The van der Waals surface area contributed by atoms with Gasteiger partial charge in [0.15, 0.2) is 6.10 Å². The first kappa shape index (κ1) is 11.4. The lowest BCUT2D eigenvalue weighted by Crippen LogP contribution is -2.28. The van der Waals surface area contributed by atoms with Crippen molar-refractivity contribution >= 4 is 5.97 Å². The van der Waals surface area contributed by atoms with Crippen LogP contribution in [0.3, 0.4) is 0 Å². The van der Waals surface area contributed by atoms with Crippen LogP contribution in [0.5, 0.6) is 0 Å². The molecule has 0 aliphatic heterocycles. The summed E-state index contributed by atoms with van der Waals surface area (Å²) in [5.74, 6) is -0.363. The van der Waals surface area contributed by atoms with Gasteiger partial charge in [0.1, 0.15) is 0 Å². The van der Waals surface area contributed by atoms with Crippen molar-refractivity contribution in [2.75, 3.05) is 20.8 Å². The molecule has 0 heterocycles. The Bertz CT molecular complexity index is 135. The van der Waals surface area contributed by atoms with Gasteiger partial charge in [-0.25, -0.2) is 4.79 Å². The second-order valence-corrected chi connectivity index (χ2v) is 2.57. The van der Waals surface area contributed by atoms with Gasteiger partial charge in [0.2, 0.25) is 0 Å². The molecule has 0 aromatic rings. The number of methoxy groups -OCH3 is 2. The van der Waals surface area contributed by atoms with Crippen molar-refractivity contribution in [3.8, 4) is 0 Å². The highest BCUT2D eigenvalue weighted by molar-refractivity contribution is 5.73. The first-order valence-corrected chi connectivity index (χ1v) is 3.84. The van der Waals surface area contributed by atoms with E-state index in [9.17, 15) is 4.79 Å². The number of carbonyl (C=O) groups is 1. The number of hydrogen-bond acceptors (Lipinski definition) is 4. The van der Waals surface area contributed by atoms with E-state index in [1.165, 1.54) is 7.11 Å². The van der Waals surface area contributed by atoms with Crippen LogP contribution in [0.25, 0.3) is 0 Å². The van der Waals surface area contributed by atoms with Crippen LogP contribution in [0.2, 0.25) is 0 Å². The molecular formula is C8H16O4. The van der Waals surface area contributed by atoms with E-state index in [1.807, 2.05) is 6.92 Å². The summed E-state index contributed by atoms with van der Waals surface area (Å²) in [5.41, 5.74) is 0. The van der Waals surface area contributed by atoms with Crippen molar-refractivity contribution in [3.63, 3.8) is 0 Å². The zero-order valence-electron chi connectivity index (χ0n) is 7.99. The van der Waals surface area contributed by atoms with Gasteiger partial charge in [-0.1, -0.05) is 0 Å². The average molecular weight is 176 g/mol. The molecular weight excluding hydrogens is 160 g/mol. The van der Waals surface area contributed by atoms with Crippen molar-refractivity contribution in [1.29, 1.82) is 0 Å². The Hall–Kier alpha value is -0.610. The molecule has 12 heavy (non-hydrogen) atoms. The molecule has 0 saturated heterocycles. The lowest BCUT2D eigenvalue weighted by Gasteiger charge is -2.16. The maximum Gasteiger partial charge on any atom is 0.334 e. The molecule has 0 saturated carbocycles. The fourth-order valence-electron chi connectivity index (χ4n) is 0.844. The summed E-state index contributed by atoms with van der Waals surface area (Å²) >= 11 is 0. The summed E-state index contributed by atoms with van der Waals surface area (Å²) in [6, 6.07) is 0. The van der Waals surface area contributed by atoms with Gasteiger partial charge in [-0.05, 0) is 13.8 Å². The number of carbonyl (C=O) groups excluding carboxylic acids is 1. The topological polar surface area (TPSA) is 44.8 Å². The Balaban J connectivity index is 3.67. The smallest absolute Gasteiger partial charge is 0.334 e. The highest BCUT2D eigenvalue weighted by Crippen LogP contribution is 1.99. The van der Waals surface area contributed by atoms with Gasteiger partial charge in [0, 0.05) is 7.11 Å². The van der Waals surface area contributed by atoms with Crippen LogP contribution < -0.4 is 0 Å². The van der Waals surface area contributed by atoms with Crippen LogP contribution >= 0.6 is 0 Å². The third kappa shape index (κ3) is 4.31. The quantitative estimate of drug-likeness (QED) is 0.575. The van der Waals surface area contributed by atoms with Crippen molar-refractivity contribution in [2.45, 2.75) is 26.1 Å². The van der Waals surface area contributed by atoms with E-state index in [2.05, 4.69) is 4.74 Å². The number of esters is 1. The van der Waals surface area contributed by atoms with Gasteiger partial charge in [-0.15, -0.1) is 0 Å². The second kappa shape index (κ2) is 5.97. The van der Waals surface area contributed by atoms with Gasteiger partial charge < -0.3 is 14.2 Å². The maximum absolute atomic E-state index is 10.9. The van der Waals surface area contributed by atoms with E-state index < -0.39 is 6.10 Å². The van der Waals surface area contributed by atoms with E-state index in [4.69, 9.17) is 9.47 Å². The molecule has 2 atom stereocenters. The van der Waals surface area contributed by atoms with Crippen LogP contribution in [0, 0.1) is 0 Å². The van der Waals surface area contributed by atoms with Crippen molar-refractivity contribution in [2.24, 2.45) is 0 Å². The molecule has 72 valence electrons. The largest absolute Gasteiger partial charge is 0.467 e. The normalized spacial score (nSPS) is 15.3. The molecule has 0 aromatic heterocycles. The van der Waals surface area contributed by atoms with E-state index in [0.29, 0.717) is 6.61 Å². The molecule has 4 nitrogen and oxygen atoms in total. The predicted octanol–water partition coefficient (Wildman–Crippen LogP) is 0.599. The number of rotatable bonds is 5. The summed E-state index contributed by atoms with van der Waals surface area (Å²) in [6.45, 7) is 3.96. The Kier molecular flexibility index (Phi) is 5.66. The van der Waals surface area contributed by atoms with Gasteiger partial charge in [-0.2, -0.15) is 0 Å². The Morgan fingerprint density at radius 2 is 1.92 bits per heavy atom. The molecule has 4 heteroatoms. The minimum Gasteiger partial charge on any atom is -0.467 e. The van der Waals surface area contributed by atoms with Crippen molar-refractivity contribution in [3.05, 3.63) is 0 Å². The molecule has 0 aliphatic carbocycles. The van der Waals surface area contributed by atoms with E-state index in [-0.39, 0.29) is 12.1 Å². The predicted molar refractivity (Wildman–Crippen MR) is 43.9 cm³/mol. The fourth-order valence-corrected chi connectivity index (χ4v) is 0.844. The molecule has 0 N–H and O–H groups in total. The SMILES string of the molecule is COCC(C)O[C@H](C)C(=O)OC. The van der Waals surface area contributed by atoms with Crippen LogP contribution in [-0.2, 0) is 19.0 Å². The summed E-state index contributed by atoms with van der Waals surface area (Å²) in [5, 5.41) is 0. The van der Waals surface area contributed by atoms with E-state index in [0.717, 1.165) is 0 Å². The molecule has 0 amide bonds. The third-order valence-electron chi connectivity index (χ3n) is 1.37. The average Bonchev–Trinajstić information content (AvgIpc) is 2.03. The molecule has 0 aliphatic rings. The minimum absolute atomic E-state index is 0.0934. The fraction of sp³-hybridized carbons (Fsp3) is 0.875. The monoisotopic (exact) mass is 176 g/mol. The summed E-state index contributed by atoms with van der Waals surface area (Å²) in [4.78, 5) is 10.9.